The van der Waals surface area contributed by atoms with Crippen LogP contribution in [-0.4, -0.2) is 13.2 Å². The molecule has 1 aliphatic rings. The summed E-state index contributed by atoms with van der Waals surface area (Å²) in [6.45, 7) is 3.39. The van der Waals surface area contributed by atoms with Crippen molar-refractivity contribution in [3.05, 3.63) is 24.0 Å². The van der Waals surface area contributed by atoms with Crippen LogP contribution in [0.1, 0.15) is 13.3 Å². The second-order valence-corrected chi connectivity index (χ2v) is 2.82. The molecule has 0 fully saturated rings. The monoisotopic (exact) mass is 153 g/mol. The molecule has 2 N–H and O–H groups in total. The maximum Gasteiger partial charge on any atom is 0.115 e. The Hall–Kier alpha value is -0.760. The second kappa shape index (κ2) is 4.19. The van der Waals surface area contributed by atoms with E-state index in [1.54, 1.807) is 0 Å². The van der Waals surface area contributed by atoms with Crippen LogP contribution in [0.15, 0.2) is 24.0 Å². The number of hydrogen-bond donors (Lipinski definition) is 1. The molecule has 2 heteroatoms. The van der Waals surface area contributed by atoms with Crippen molar-refractivity contribution in [3.8, 4) is 0 Å². The zero-order valence-electron chi connectivity index (χ0n) is 6.92. The Morgan fingerprint density at radius 2 is 2.55 bits per heavy atom. The topological polar surface area (TPSA) is 35.2 Å². The summed E-state index contributed by atoms with van der Waals surface area (Å²) in [4.78, 5) is 0. The van der Waals surface area contributed by atoms with E-state index in [9.17, 15) is 0 Å². The summed E-state index contributed by atoms with van der Waals surface area (Å²) in [6.07, 6.45) is 7.37. The van der Waals surface area contributed by atoms with Crippen LogP contribution >= 0.6 is 0 Å². The second-order valence-electron chi connectivity index (χ2n) is 2.82. The van der Waals surface area contributed by atoms with E-state index in [0.717, 1.165) is 12.2 Å². The fourth-order valence-corrected chi connectivity index (χ4v) is 0.992. The van der Waals surface area contributed by atoms with Crippen molar-refractivity contribution in [2.24, 2.45) is 11.7 Å². The van der Waals surface area contributed by atoms with Gasteiger partial charge in [-0.15, -0.1) is 0 Å². The molecule has 1 atom stereocenters. The summed E-state index contributed by atoms with van der Waals surface area (Å²) in [5.74, 6) is 1.62. The van der Waals surface area contributed by atoms with Gasteiger partial charge < -0.3 is 10.5 Å². The quantitative estimate of drug-likeness (QED) is 0.666. The van der Waals surface area contributed by atoms with Gasteiger partial charge in [0.25, 0.3) is 0 Å². The Morgan fingerprint density at radius 1 is 1.73 bits per heavy atom. The van der Waals surface area contributed by atoms with Gasteiger partial charge >= 0.3 is 0 Å². The molecule has 11 heavy (non-hydrogen) atoms. The van der Waals surface area contributed by atoms with Gasteiger partial charge in [-0.2, -0.15) is 0 Å². The third-order valence-corrected chi connectivity index (χ3v) is 1.67. The van der Waals surface area contributed by atoms with E-state index in [4.69, 9.17) is 10.5 Å². The van der Waals surface area contributed by atoms with Crippen LogP contribution in [0.5, 0.6) is 0 Å². The SMILES string of the molecule is CC1C=CC(OCCN)=CC1. The van der Waals surface area contributed by atoms with Gasteiger partial charge in [-0.1, -0.05) is 13.0 Å². The predicted molar refractivity (Wildman–Crippen MR) is 46.0 cm³/mol. The molecule has 1 rings (SSSR count). The lowest BCUT2D eigenvalue weighted by Gasteiger charge is -2.12. The average Bonchev–Trinajstić information content (AvgIpc) is 2.04. The molecule has 0 aromatic rings. The van der Waals surface area contributed by atoms with Crippen molar-refractivity contribution in [2.75, 3.05) is 13.2 Å². The number of allylic oxidation sites excluding steroid dienone is 3. The van der Waals surface area contributed by atoms with Crippen molar-refractivity contribution in [1.29, 1.82) is 0 Å². The van der Waals surface area contributed by atoms with Gasteiger partial charge in [0.05, 0.1) is 0 Å². The predicted octanol–water partition coefficient (Wildman–Crippen LogP) is 1.44. The smallest absolute Gasteiger partial charge is 0.115 e. The van der Waals surface area contributed by atoms with E-state index in [0.29, 0.717) is 19.1 Å². The molecule has 1 unspecified atom stereocenters. The first-order valence-corrected chi connectivity index (χ1v) is 4.04. The normalized spacial score (nSPS) is 23.1. The van der Waals surface area contributed by atoms with Crippen molar-refractivity contribution >= 4 is 0 Å². The molecule has 0 saturated heterocycles. The van der Waals surface area contributed by atoms with Crippen molar-refractivity contribution in [3.63, 3.8) is 0 Å². The lowest BCUT2D eigenvalue weighted by atomic mass is 10.0. The van der Waals surface area contributed by atoms with E-state index in [1.165, 1.54) is 0 Å². The lowest BCUT2D eigenvalue weighted by Crippen LogP contribution is -2.08. The van der Waals surface area contributed by atoms with Crippen molar-refractivity contribution < 1.29 is 4.74 Å². The van der Waals surface area contributed by atoms with Crippen LogP contribution in [0, 0.1) is 5.92 Å². The molecule has 1 aliphatic carbocycles. The maximum atomic E-state index is 5.33. The third-order valence-electron chi connectivity index (χ3n) is 1.67. The Bertz CT molecular complexity index is 172. The molecule has 0 amide bonds. The standard InChI is InChI=1S/C9H15NO/c1-8-2-4-9(5-3-8)11-7-6-10/h2,4-5,8H,3,6-7,10H2,1H3. The molecule has 0 radical (unpaired) electrons. The van der Waals surface area contributed by atoms with Gasteiger partial charge in [-0.05, 0) is 24.5 Å². The highest BCUT2D eigenvalue weighted by Crippen LogP contribution is 2.15. The molecule has 0 aromatic heterocycles. The summed E-state index contributed by atoms with van der Waals surface area (Å²) in [5, 5.41) is 0. The van der Waals surface area contributed by atoms with Crippen LogP contribution in [0.25, 0.3) is 0 Å². The van der Waals surface area contributed by atoms with Crippen molar-refractivity contribution in [1.82, 2.24) is 0 Å². The summed E-state index contributed by atoms with van der Waals surface area (Å²) >= 11 is 0. The van der Waals surface area contributed by atoms with Crippen LogP contribution in [0.2, 0.25) is 0 Å². The van der Waals surface area contributed by atoms with Crippen LogP contribution < -0.4 is 5.73 Å². The number of ether oxygens (including phenoxy) is 1. The molecular weight excluding hydrogens is 138 g/mol. The van der Waals surface area contributed by atoms with Crippen LogP contribution in [0.3, 0.4) is 0 Å². The Labute approximate surface area is 67.7 Å². The zero-order chi connectivity index (χ0) is 8.10. The summed E-state index contributed by atoms with van der Waals surface area (Å²) in [7, 11) is 0. The highest BCUT2D eigenvalue weighted by atomic mass is 16.5. The number of hydrogen-bond acceptors (Lipinski definition) is 2. The maximum absolute atomic E-state index is 5.33. The highest BCUT2D eigenvalue weighted by Gasteiger charge is 2.02. The van der Waals surface area contributed by atoms with Gasteiger partial charge in [0.2, 0.25) is 0 Å². The minimum absolute atomic E-state index is 0.584. The zero-order valence-corrected chi connectivity index (χ0v) is 6.92. The van der Waals surface area contributed by atoms with E-state index < -0.39 is 0 Å². The molecule has 62 valence electrons. The largest absolute Gasteiger partial charge is 0.493 e. The minimum Gasteiger partial charge on any atom is -0.493 e. The molecule has 0 spiro atoms. The molecule has 0 saturated carbocycles. The highest BCUT2D eigenvalue weighted by molar-refractivity contribution is 5.17. The molecular formula is C9H15NO. The lowest BCUT2D eigenvalue weighted by molar-refractivity contribution is 0.230. The van der Waals surface area contributed by atoms with E-state index in [-0.39, 0.29) is 0 Å². The number of rotatable bonds is 3. The first kappa shape index (κ1) is 8.34. The summed E-state index contributed by atoms with van der Waals surface area (Å²) < 4.78 is 5.33. The van der Waals surface area contributed by atoms with Crippen LogP contribution in [-0.2, 0) is 4.74 Å². The summed E-state index contributed by atoms with van der Waals surface area (Å²) in [5.41, 5.74) is 5.30. The molecule has 2 nitrogen and oxygen atoms in total. The summed E-state index contributed by atoms with van der Waals surface area (Å²) in [6, 6.07) is 0. The van der Waals surface area contributed by atoms with Gasteiger partial charge in [-0.25, -0.2) is 0 Å². The van der Waals surface area contributed by atoms with Gasteiger partial charge in [-0.3, -0.25) is 0 Å². The van der Waals surface area contributed by atoms with E-state index in [2.05, 4.69) is 19.1 Å². The van der Waals surface area contributed by atoms with E-state index in [1.807, 2.05) is 6.08 Å². The molecule has 0 aromatic carbocycles. The third kappa shape index (κ3) is 2.76. The average molecular weight is 153 g/mol. The van der Waals surface area contributed by atoms with Crippen LogP contribution in [0.4, 0.5) is 0 Å². The fourth-order valence-electron chi connectivity index (χ4n) is 0.992. The van der Waals surface area contributed by atoms with Crippen molar-refractivity contribution in [2.45, 2.75) is 13.3 Å². The van der Waals surface area contributed by atoms with Gasteiger partial charge in [0, 0.05) is 6.54 Å². The molecule has 0 aliphatic heterocycles. The first-order valence-electron chi connectivity index (χ1n) is 4.04. The number of nitrogens with two attached hydrogens (primary N) is 1. The Morgan fingerprint density at radius 3 is 3.09 bits per heavy atom. The molecule has 0 heterocycles. The van der Waals surface area contributed by atoms with E-state index >= 15 is 0 Å². The molecule has 0 bridgehead atoms. The minimum atomic E-state index is 0.584. The fraction of sp³-hybridized carbons (Fsp3) is 0.556. The Kier molecular flexibility index (Phi) is 3.17. The Balaban J connectivity index is 2.31. The van der Waals surface area contributed by atoms with Gasteiger partial charge in [0.15, 0.2) is 0 Å². The first-order chi connectivity index (χ1) is 5.33. The van der Waals surface area contributed by atoms with Gasteiger partial charge in [0.1, 0.15) is 12.4 Å².